The molecular formula is C20H17ClFN3O4. The van der Waals surface area contributed by atoms with Crippen LogP contribution in [0.25, 0.3) is 0 Å². The number of anilines is 2. The molecule has 150 valence electrons. The van der Waals surface area contributed by atoms with Crippen LogP contribution in [0.2, 0.25) is 5.02 Å². The topological polar surface area (TPSA) is 98.7 Å². The van der Waals surface area contributed by atoms with Gasteiger partial charge in [0.1, 0.15) is 5.82 Å². The predicted octanol–water partition coefficient (Wildman–Crippen LogP) is 1.76. The lowest BCUT2D eigenvalue weighted by Gasteiger charge is -2.22. The first-order chi connectivity index (χ1) is 13.8. The lowest BCUT2D eigenvalue weighted by molar-refractivity contribution is -0.149. The van der Waals surface area contributed by atoms with Crippen LogP contribution in [-0.4, -0.2) is 35.0 Å². The third kappa shape index (κ3) is 3.56. The summed E-state index contributed by atoms with van der Waals surface area (Å²) in [5.74, 6) is -2.28. The highest BCUT2D eigenvalue weighted by molar-refractivity contribution is 6.30. The van der Waals surface area contributed by atoms with Crippen LogP contribution in [0.3, 0.4) is 0 Å². The lowest BCUT2D eigenvalue weighted by atomic mass is 10.0. The molecule has 7 nitrogen and oxygen atoms in total. The first-order valence-corrected chi connectivity index (χ1v) is 9.34. The molecule has 3 N–H and O–H groups in total. The van der Waals surface area contributed by atoms with Gasteiger partial charge in [0, 0.05) is 35.9 Å². The maximum atomic E-state index is 13.4. The molecule has 2 aromatic rings. The van der Waals surface area contributed by atoms with E-state index in [1.165, 1.54) is 17.0 Å². The van der Waals surface area contributed by atoms with Crippen LogP contribution >= 0.6 is 11.6 Å². The average Bonchev–Trinajstić information content (AvgIpc) is 3.18. The molecule has 2 aromatic carbocycles. The predicted molar refractivity (Wildman–Crippen MR) is 104 cm³/mol. The van der Waals surface area contributed by atoms with Crippen molar-refractivity contribution in [3.05, 3.63) is 58.4 Å². The van der Waals surface area contributed by atoms with E-state index in [2.05, 4.69) is 10.6 Å². The standard InChI is InChI=1S/C20H17ClFN3O4/c21-13-5-11(6-14(22)9-13)10-23-18(27)20(29)3-4-25(19(20)28)15-1-2-16-12(7-15)8-17(26)24-16/h1-2,5-7,9,29H,3-4,8,10H2,(H,23,27)(H,24,26)/t20-/m0/s1. The van der Waals surface area contributed by atoms with Crippen LogP contribution in [0.5, 0.6) is 0 Å². The largest absolute Gasteiger partial charge is 0.372 e. The number of fused-ring (bicyclic) bond motifs is 1. The molecule has 0 aliphatic carbocycles. The molecule has 9 heteroatoms. The summed E-state index contributed by atoms with van der Waals surface area (Å²) in [6, 6.07) is 8.87. The van der Waals surface area contributed by atoms with Crippen molar-refractivity contribution >= 4 is 40.7 Å². The van der Waals surface area contributed by atoms with Crippen molar-refractivity contribution < 1.29 is 23.9 Å². The second-order valence-electron chi connectivity index (χ2n) is 7.09. The Morgan fingerprint density at radius 3 is 2.83 bits per heavy atom. The van der Waals surface area contributed by atoms with Crippen molar-refractivity contribution in [2.45, 2.75) is 25.0 Å². The number of carbonyl (C=O) groups is 3. The Labute approximate surface area is 170 Å². The van der Waals surface area contributed by atoms with Crippen LogP contribution in [-0.2, 0) is 27.3 Å². The Balaban J connectivity index is 1.47. The number of hydrogen-bond acceptors (Lipinski definition) is 4. The maximum absolute atomic E-state index is 13.4. The van der Waals surface area contributed by atoms with Crippen molar-refractivity contribution in [2.24, 2.45) is 0 Å². The lowest BCUT2D eigenvalue weighted by Crippen LogP contribution is -2.52. The summed E-state index contributed by atoms with van der Waals surface area (Å²) in [5, 5.41) is 16.1. The van der Waals surface area contributed by atoms with Crippen molar-refractivity contribution in [2.75, 3.05) is 16.8 Å². The second-order valence-corrected chi connectivity index (χ2v) is 7.53. The van der Waals surface area contributed by atoms with E-state index in [1.807, 2.05) is 0 Å². The number of rotatable bonds is 4. The van der Waals surface area contributed by atoms with E-state index in [1.54, 1.807) is 18.2 Å². The molecule has 29 heavy (non-hydrogen) atoms. The van der Waals surface area contributed by atoms with E-state index in [9.17, 15) is 23.9 Å². The third-order valence-corrected chi connectivity index (χ3v) is 5.29. The van der Waals surface area contributed by atoms with Gasteiger partial charge in [0.25, 0.3) is 11.8 Å². The van der Waals surface area contributed by atoms with Gasteiger partial charge in [0.2, 0.25) is 11.5 Å². The zero-order chi connectivity index (χ0) is 20.8. The summed E-state index contributed by atoms with van der Waals surface area (Å²) >= 11 is 5.79. The number of benzene rings is 2. The normalized spacial score (nSPS) is 20.6. The summed E-state index contributed by atoms with van der Waals surface area (Å²) in [6.07, 6.45) is 0.127. The summed E-state index contributed by atoms with van der Waals surface area (Å²) in [5.41, 5.74) is 0.135. The van der Waals surface area contributed by atoms with E-state index in [0.29, 0.717) is 16.9 Å². The number of amides is 3. The number of carbonyl (C=O) groups excluding carboxylic acids is 3. The molecule has 0 unspecified atom stereocenters. The maximum Gasteiger partial charge on any atom is 0.268 e. The van der Waals surface area contributed by atoms with Crippen molar-refractivity contribution in [1.29, 1.82) is 0 Å². The van der Waals surface area contributed by atoms with Gasteiger partial charge < -0.3 is 20.6 Å². The van der Waals surface area contributed by atoms with E-state index < -0.39 is 23.2 Å². The fourth-order valence-electron chi connectivity index (χ4n) is 3.59. The molecule has 0 aromatic heterocycles. The number of hydrogen-bond donors (Lipinski definition) is 3. The van der Waals surface area contributed by atoms with E-state index in [4.69, 9.17) is 11.6 Å². The number of aliphatic hydroxyl groups is 1. The molecule has 2 aliphatic heterocycles. The fourth-order valence-corrected chi connectivity index (χ4v) is 3.83. The molecule has 1 atom stereocenters. The highest BCUT2D eigenvalue weighted by Crippen LogP contribution is 2.33. The SMILES string of the molecule is O=C1Cc2cc(N3CC[C@](O)(C(=O)NCc4cc(F)cc(Cl)c4)C3=O)ccc2N1. The number of halogens is 2. The minimum Gasteiger partial charge on any atom is -0.372 e. The van der Waals surface area contributed by atoms with Crippen LogP contribution in [0.15, 0.2) is 36.4 Å². The molecule has 0 radical (unpaired) electrons. The summed E-state index contributed by atoms with van der Waals surface area (Å²) in [4.78, 5) is 38.2. The molecule has 0 saturated carbocycles. The van der Waals surface area contributed by atoms with Crippen LogP contribution in [0.1, 0.15) is 17.5 Å². The minimum atomic E-state index is -2.22. The molecule has 1 fully saturated rings. The Kier molecular flexibility index (Phi) is 4.76. The molecule has 0 spiro atoms. The molecule has 2 aliphatic rings. The zero-order valence-corrected chi connectivity index (χ0v) is 15.9. The molecule has 2 heterocycles. The Morgan fingerprint density at radius 2 is 2.07 bits per heavy atom. The van der Waals surface area contributed by atoms with Gasteiger partial charge in [0.05, 0.1) is 6.42 Å². The molecule has 3 amide bonds. The van der Waals surface area contributed by atoms with Crippen LogP contribution < -0.4 is 15.5 Å². The van der Waals surface area contributed by atoms with Crippen LogP contribution in [0.4, 0.5) is 15.8 Å². The highest BCUT2D eigenvalue weighted by Gasteiger charge is 2.51. The van der Waals surface area contributed by atoms with Gasteiger partial charge in [-0.15, -0.1) is 0 Å². The van der Waals surface area contributed by atoms with Gasteiger partial charge in [-0.2, -0.15) is 0 Å². The van der Waals surface area contributed by atoms with Gasteiger partial charge in [-0.05, 0) is 47.5 Å². The average molecular weight is 418 g/mol. The number of nitrogens with zero attached hydrogens (tertiary/aromatic N) is 1. The summed E-state index contributed by atoms with van der Waals surface area (Å²) < 4.78 is 13.4. The van der Waals surface area contributed by atoms with Crippen molar-refractivity contribution in [1.82, 2.24) is 5.32 Å². The number of nitrogens with one attached hydrogen (secondary N) is 2. The third-order valence-electron chi connectivity index (χ3n) is 5.07. The van der Waals surface area contributed by atoms with Crippen LogP contribution in [0, 0.1) is 5.82 Å². The van der Waals surface area contributed by atoms with Gasteiger partial charge in [-0.25, -0.2) is 4.39 Å². The first-order valence-electron chi connectivity index (χ1n) is 8.97. The first kappa shape index (κ1) is 19.4. The quantitative estimate of drug-likeness (QED) is 0.660. The summed E-state index contributed by atoms with van der Waals surface area (Å²) in [6.45, 7) is 0.0627. The minimum absolute atomic E-state index is 0.0848. The molecule has 1 saturated heterocycles. The van der Waals surface area contributed by atoms with Crippen molar-refractivity contribution in [3.63, 3.8) is 0 Å². The van der Waals surface area contributed by atoms with E-state index in [-0.39, 0.29) is 36.9 Å². The highest BCUT2D eigenvalue weighted by atomic mass is 35.5. The van der Waals surface area contributed by atoms with Gasteiger partial charge in [-0.3, -0.25) is 14.4 Å². The fraction of sp³-hybridized carbons (Fsp3) is 0.250. The van der Waals surface area contributed by atoms with E-state index >= 15 is 0 Å². The van der Waals surface area contributed by atoms with E-state index in [0.717, 1.165) is 11.6 Å². The molecule has 0 bridgehead atoms. The Morgan fingerprint density at radius 1 is 1.28 bits per heavy atom. The van der Waals surface area contributed by atoms with Gasteiger partial charge >= 0.3 is 0 Å². The summed E-state index contributed by atoms with van der Waals surface area (Å²) in [7, 11) is 0. The van der Waals surface area contributed by atoms with Crippen molar-refractivity contribution in [3.8, 4) is 0 Å². The molecule has 4 rings (SSSR count). The van der Waals surface area contributed by atoms with Gasteiger partial charge in [-0.1, -0.05) is 11.6 Å². The zero-order valence-electron chi connectivity index (χ0n) is 15.2. The Bertz CT molecular complexity index is 1020. The molecular weight excluding hydrogens is 401 g/mol. The Hall–Kier alpha value is -2.97. The van der Waals surface area contributed by atoms with Gasteiger partial charge in [0.15, 0.2) is 0 Å². The monoisotopic (exact) mass is 417 g/mol. The second kappa shape index (κ2) is 7.13. The smallest absolute Gasteiger partial charge is 0.268 e.